The first kappa shape index (κ1) is 29.1. The maximum Gasteiger partial charge on any atom is 0.270 e. The van der Waals surface area contributed by atoms with Crippen LogP contribution in [-0.2, 0) is 18.8 Å². The van der Waals surface area contributed by atoms with Gasteiger partial charge in [0.25, 0.3) is 5.92 Å². The lowest BCUT2D eigenvalue weighted by molar-refractivity contribution is 0.0166. The fraction of sp³-hybridized carbons (Fsp3) is 0.395. The number of alkyl halides is 2. The average molecular weight is 553 g/mol. The van der Waals surface area contributed by atoms with E-state index in [9.17, 15) is 13.9 Å². The molecule has 1 fully saturated rings. The molecule has 1 nitrogen and oxygen atoms in total. The fourth-order valence-corrected chi connectivity index (χ4v) is 6.79. The van der Waals surface area contributed by atoms with Gasteiger partial charge in [0.2, 0.25) is 0 Å². The molecular formula is C38H42F2O. The summed E-state index contributed by atoms with van der Waals surface area (Å²) in [6, 6.07) is 19.3. The third-order valence-corrected chi connectivity index (χ3v) is 9.31. The van der Waals surface area contributed by atoms with Crippen LogP contribution in [0.5, 0.6) is 5.75 Å². The van der Waals surface area contributed by atoms with Crippen molar-refractivity contribution in [3.8, 4) is 5.75 Å². The van der Waals surface area contributed by atoms with Crippen molar-refractivity contribution in [3.05, 3.63) is 116 Å². The topological polar surface area (TPSA) is 20.2 Å². The molecule has 2 aliphatic rings. The first-order valence-corrected chi connectivity index (χ1v) is 15.1. The number of halogens is 2. The lowest BCUT2D eigenvalue weighted by Crippen LogP contribution is -2.30. The van der Waals surface area contributed by atoms with Crippen LogP contribution in [-0.4, -0.2) is 5.11 Å². The van der Waals surface area contributed by atoms with E-state index in [1.54, 1.807) is 24.3 Å². The van der Waals surface area contributed by atoms with Gasteiger partial charge in [0.1, 0.15) is 5.75 Å². The predicted octanol–water partition coefficient (Wildman–Crippen LogP) is 8.56. The third-order valence-electron chi connectivity index (χ3n) is 9.31. The number of fused-ring (bicyclic) bond motifs is 1. The van der Waals surface area contributed by atoms with Crippen molar-refractivity contribution in [1.29, 1.82) is 0 Å². The van der Waals surface area contributed by atoms with Gasteiger partial charge in [0.15, 0.2) is 0 Å². The van der Waals surface area contributed by atoms with Crippen molar-refractivity contribution in [3.63, 3.8) is 0 Å². The zero-order valence-electron chi connectivity index (χ0n) is 24.8. The van der Waals surface area contributed by atoms with Crippen molar-refractivity contribution in [2.24, 2.45) is 17.8 Å². The molecule has 214 valence electrons. The summed E-state index contributed by atoms with van der Waals surface area (Å²) in [6.45, 7) is 7.84. The molecule has 41 heavy (non-hydrogen) atoms. The molecule has 5 rings (SSSR count). The molecule has 0 saturated heterocycles. The Hall–Kier alpha value is -3.42. The molecule has 4 atom stereocenters. The molecule has 4 unspecified atom stereocenters. The molecule has 0 bridgehead atoms. The summed E-state index contributed by atoms with van der Waals surface area (Å²) in [7, 11) is 0. The minimum atomic E-state index is -2.96. The van der Waals surface area contributed by atoms with Gasteiger partial charge in [-0.05, 0) is 81.5 Å². The summed E-state index contributed by atoms with van der Waals surface area (Å²) in [5, 5.41) is 12.7. The molecule has 1 saturated carbocycles. The molecule has 3 aromatic rings. The maximum absolute atomic E-state index is 14.4. The Morgan fingerprint density at radius 2 is 1.73 bits per heavy atom. The Morgan fingerprint density at radius 1 is 0.976 bits per heavy atom. The molecule has 2 aliphatic carbocycles. The monoisotopic (exact) mass is 552 g/mol. The highest BCUT2D eigenvalue weighted by Crippen LogP contribution is 2.38. The van der Waals surface area contributed by atoms with E-state index in [4.69, 9.17) is 0 Å². The summed E-state index contributed by atoms with van der Waals surface area (Å²) >= 11 is 0. The van der Waals surface area contributed by atoms with Crippen LogP contribution in [0.2, 0.25) is 0 Å². The van der Waals surface area contributed by atoms with Gasteiger partial charge in [-0.25, -0.2) is 8.78 Å². The van der Waals surface area contributed by atoms with Crippen LogP contribution in [0.4, 0.5) is 8.78 Å². The van der Waals surface area contributed by atoms with Gasteiger partial charge >= 0.3 is 0 Å². The quantitative estimate of drug-likeness (QED) is 0.291. The smallest absolute Gasteiger partial charge is 0.270 e. The number of hydrogen-bond donors (Lipinski definition) is 1. The molecule has 0 radical (unpaired) electrons. The van der Waals surface area contributed by atoms with Gasteiger partial charge in [0, 0.05) is 36.8 Å². The van der Waals surface area contributed by atoms with E-state index in [0.29, 0.717) is 17.0 Å². The summed E-state index contributed by atoms with van der Waals surface area (Å²) in [5.41, 5.74) is 8.54. The molecule has 0 heterocycles. The zero-order valence-corrected chi connectivity index (χ0v) is 24.8. The lowest BCUT2D eigenvalue weighted by atomic mass is 9.74. The number of aromatic hydroxyl groups is 1. The lowest BCUT2D eigenvalue weighted by Gasteiger charge is -2.31. The van der Waals surface area contributed by atoms with Gasteiger partial charge < -0.3 is 5.11 Å². The van der Waals surface area contributed by atoms with Gasteiger partial charge in [-0.15, -0.1) is 5.73 Å². The van der Waals surface area contributed by atoms with Crippen LogP contribution >= 0.6 is 0 Å². The van der Waals surface area contributed by atoms with Gasteiger partial charge in [-0.1, -0.05) is 94.3 Å². The van der Waals surface area contributed by atoms with Crippen molar-refractivity contribution in [1.82, 2.24) is 0 Å². The maximum atomic E-state index is 14.4. The van der Waals surface area contributed by atoms with Gasteiger partial charge in [0.05, 0.1) is 0 Å². The van der Waals surface area contributed by atoms with Crippen LogP contribution in [0.3, 0.4) is 0 Å². The van der Waals surface area contributed by atoms with Crippen LogP contribution in [0.25, 0.3) is 12.2 Å². The molecular weight excluding hydrogens is 510 g/mol. The number of benzene rings is 3. The van der Waals surface area contributed by atoms with Gasteiger partial charge in [-0.3, -0.25) is 0 Å². The Morgan fingerprint density at radius 3 is 2.46 bits per heavy atom. The molecule has 0 amide bonds. The SMILES string of the molecule is CC1CCCC(C(C)c2ccc(CC3=C=C/C=c4/ccc(O)c(Cc5ccccc5C(C)(F)F)c4=CC3C)cc2)C1. The van der Waals surface area contributed by atoms with E-state index in [0.717, 1.165) is 41.2 Å². The minimum Gasteiger partial charge on any atom is -0.508 e. The van der Waals surface area contributed by atoms with Crippen LogP contribution in [0.1, 0.15) is 87.1 Å². The second-order valence-electron chi connectivity index (χ2n) is 12.5. The number of rotatable bonds is 7. The fourth-order valence-electron chi connectivity index (χ4n) is 6.79. The van der Waals surface area contributed by atoms with Gasteiger partial charge in [-0.2, -0.15) is 0 Å². The number of hydrogen-bond acceptors (Lipinski definition) is 1. The standard InChI is InChI=1S/C38H42F2O/c1-25-9-7-13-32(21-25)27(3)29-17-15-28(16-18-29)23-31-12-8-11-30-19-20-37(41)35(34(30)22-26(31)2)24-33-10-5-6-14-36(33)38(4,39)40/h5-6,8,10-11,14-20,22,25-27,32,41H,7,9,13,21,23-24H2,1-4H3/b30-11-,34-22?. The van der Waals surface area contributed by atoms with E-state index in [1.165, 1.54) is 42.9 Å². The minimum absolute atomic E-state index is 0.00359. The summed E-state index contributed by atoms with van der Waals surface area (Å²) in [4.78, 5) is 0. The molecule has 0 spiro atoms. The van der Waals surface area contributed by atoms with E-state index in [1.807, 2.05) is 18.2 Å². The Kier molecular flexibility index (Phi) is 8.66. The van der Waals surface area contributed by atoms with Crippen molar-refractivity contribution in [2.45, 2.75) is 78.1 Å². The van der Waals surface area contributed by atoms with E-state index >= 15 is 0 Å². The zero-order chi connectivity index (χ0) is 29.1. The molecule has 0 aliphatic heterocycles. The first-order valence-electron chi connectivity index (χ1n) is 15.1. The molecule has 3 aromatic carbocycles. The summed E-state index contributed by atoms with van der Waals surface area (Å²) in [5.74, 6) is -0.592. The molecule has 0 aromatic heterocycles. The first-order chi connectivity index (χ1) is 19.6. The van der Waals surface area contributed by atoms with Crippen molar-refractivity contribution >= 4 is 12.2 Å². The number of allylic oxidation sites excluding steroid dienone is 1. The van der Waals surface area contributed by atoms with E-state index < -0.39 is 5.92 Å². The Labute approximate surface area is 243 Å². The van der Waals surface area contributed by atoms with E-state index in [2.05, 4.69) is 56.8 Å². The summed E-state index contributed by atoms with van der Waals surface area (Å²) < 4.78 is 28.8. The van der Waals surface area contributed by atoms with Crippen molar-refractivity contribution in [2.75, 3.05) is 0 Å². The Bertz CT molecular complexity index is 1570. The summed E-state index contributed by atoms with van der Waals surface area (Å²) in [6.07, 6.45) is 12.5. The Balaban J connectivity index is 1.41. The largest absolute Gasteiger partial charge is 0.508 e. The van der Waals surface area contributed by atoms with Crippen LogP contribution in [0.15, 0.2) is 78.0 Å². The second kappa shape index (κ2) is 12.2. The number of phenols is 1. The predicted molar refractivity (Wildman–Crippen MR) is 166 cm³/mol. The van der Waals surface area contributed by atoms with Crippen LogP contribution in [0, 0.1) is 17.8 Å². The average Bonchev–Trinajstić information content (AvgIpc) is 2.94. The number of phenolic OH excluding ortho intramolecular Hbond substituents is 1. The molecule has 3 heteroatoms. The normalized spacial score (nSPS) is 22.3. The van der Waals surface area contributed by atoms with Crippen molar-refractivity contribution < 1.29 is 13.9 Å². The highest BCUT2D eigenvalue weighted by atomic mass is 19.3. The molecule has 1 N–H and O–H groups in total. The second-order valence-corrected chi connectivity index (χ2v) is 12.5. The highest BCUT2D eigenvalue weighted by molar-refractivity contribution is 5.52. The third kappa shape index (κ3) is 6.74. The highest BCUT2D eigenvalue weighted by Gasteiger charge is 2.28. The van der Waals surface area contributed by atoms with E-state index in [-0.39, 0.29) is 23.7 Å². The van der Waals surface area contributed by atoms with Crippen LogP contribution < -0.4 is 10.4 Å².